The highest BCUT2D eigenvalue weighted by molar-refractivity contribution is 5.35. The van der Waals surface area contributed by atoms with E-state index in [-0.39, 0.29) is 5.82 Å². The minimum atomic E-state index is -0.306. The maximum Gasteiger partial charge on any atom is 0.141 e. The number of anilines is 1. The molecule has 0 amide bonds. The number of aromatic nitrogens is 1. The molecule has 1 aromatic heterocycles. The first-order valence-electron chi connectivity index (χ1n) is 5.52. The Labute approximate surface area is 96.7 Å². The Morgan fingerprint density at radius 3 is 2.50 bits per heavy atom. The van der Waals surface area contributed by atoms with Gasteiger partial charge in [-0.05, 0) is 32.1 Å². The molecule has 1 rings (SSSR count). The molecule has 0 radical (unpaired) electrons. The van der Waals surface area contributed by atoms with Gasteiger partial charge >= 0.3 is 0 Å². The Morgan fingerprint density at radius 2 is 2.06 bits per heavy atom. The van der Waals surface area contributed by atoms with E-state index in [4.69, 9.17) is 0 Å². The van der Waals surface area contributed by atoms with E-state index in [1.54, 1.807) is 6.07 Å². The van der Waals surface area contributed by atoms with E-state index < -0.39 is 0 Å². The van der Waals surface area contributed by atoms with Gasteiger partial charge in [-0.3, -0.25) is 0 Å². The molecule has 3 nitrogen and oxygen atoms in total. The Morgan fingerprint density at radius 1 is 1.38 bits per heavy atom. The normalized spacial score (nSPS) is 13.2. The van der Waals surface area contributed by atoms with Crippen molar-refractivity contribution in [3.8, 4) is 0 Å². The standard InChI is InChI=1S/C12H20FN3/c1-9(2)11(8-16(3)4)15-12-6-5-10(13)7-14-12/h5-7,9,11H,8H2,1-4H3,(H,14,15). The molecule has 1 N–H and O–H groups in total. The molecule has 1 unspecified atom stereocenters. The van der Waals surface area contributed by atoms with Crippen LogP contribution < -0.4 is 5.32 Å². The predicted molar refractivity (Wildman–Crippen MR) is 65.0 cm³/mol. The van der Waals surface area contributed by atoms with Crippen molar-refractivity contribution in [1.82, 2.24) is 9.88 Å². The summed E-state index contributed by atoms with van der Waals surface area (Å²) in [5.41, 5.74) is 0. The number of pyridine rings is 1. The summed E-state index contributed by atoms with van der Waals surface area (Å²) in [6.07, 6.45) is 1.23. The van der Waals surface area contributed by atoms with Crippen LogP contribution in [0.25, 0.3) is 0 Å². The van der Waals surface area contributed by atoms with Crippen molar-refractivity contribution in [3.05, 3.63) is 24.1 Å². The van der Waals surface area contributed by atoms with Crippen molar-refractivity contribution in [3.63, 3.8) is 0 Å². The van der Waals surface area contributed by atoms with Crippen LogP contribution in [0.3, 0.4) is 0 Å². The highest BCUT2D eigenvalue weighted by atomic mass is 19.1. The molecule has 0 bridgehead atoms. The van der Waals surface area contributed by atoms with E-state index in [2.05, 4.69) is 29.0 Å². The van der Waals surface area contributed by atoms with Gasteiger partial charge in [-0.15, -0.1) is 0 Å². The molecule has 1 heterocycles. The molecule has 1 aromatic rings. The first kappa shape index (κ1) is 12.9. The average molecular weight is 225 g/mol. The number of nitrogens with one attached hydrogen (secondary N) is 1. The fraction of sp³-hybridized carbons (Fsp3) is 0.583. The topological polar surface area (TPSA) is 28.2 Å². The van der Waals surface area contributed by atoms with Gasteiger partial charge in [0.2, 0.25) is 0 Å². The fourth-order valence-corrected chi connectivity index (χ4v) is 1.47. The first-order chi connectivity index (χ1) is 7.49. The molecule has 0 aliphatic heterocycles. The lowest BCUT2D eigenvalue weighted by atomic mass is 10.0. The Bertz CT molecular complexity index is 309. The quantitative estimate of drug-likeness (QED) is 0.832. The number of likely N-dealkylation sites (N-methyl/N-ethyl adjacent to an activating group) is 1. The van der Waals surface area contributed by atoms with E-state index in [9.17, 15) is 4.39 Å². The lowest BCUT2D eigenvalue weighted by Crippen LogP contribution is -2.36. The first-order valence-corrected chi connectivity index (χ1v) is 5.52. The molecular weight excluding hydrogens is 205 g/mol. The largest absolute Gasteiger partial charge is 0.366 e. The van der Waals surface area contributed by atoms with Crippen molar-refractivity contribution in [1.29, 1.82) is 0 Å². The molecule has 0 aliphatic rings. The van der Waals surface area contributed by atoms with Gasteiger partial charge in [0.05, 0.1) is 6.20 Å². The third-order valence-corrected chi connectivity index (χ3v) is 2.43. The maximum absolute atomic E-state index is 12.7. The maximum atomic E-state index is 12.7. The van der Waals surface area contributed by atoms with Gasteiger partial charge in [0.1, 0.15) is 11.6 Å². The van der Waals surface area contributed by atoms with E-state index in [1.807, 2.05) is 14.1 Å². The number of hydrogen-bond acceptors (Lipinski definition) is 3. The summed E-state index contributed by atoms with van der Waals surface area (Å²) in [5.74, 6) is 0.912. The summed E-state index contributed by atoms with van der Waals surface area (Å²) in [5, 5.41) is 3.32. The molecule has 90 valence electrons. The third-order valence-electron chi connectivity index (χ3n) is 2.43. The van der Waals surface area contributed by atoms with Crippen molar-refractivity contribution in [2.24, 2.45) is 5.92 Å². The number of rotatable bonds is 5. The molecule has 0 fully saturated rings. The summed E-state index contributed by atoms with van der Waals surface area (Å²) < 4.78 is 12.7. The zero-order valence-electron chi connectivity index (χ0n) is 10.4. The number of halogens is 1. The molecule has 0 saturated carbocycles. The van der Waals surface area contributed by atoms with Gasteiger partial charge < -0.3 is 10.2 Å². The van der Waals surface area contributed by atoms with Crippen LogP contribution in [-0.4, -0.2) is 36.6 Å². The summed E-state index contributed by atoms with van der Waals surface area (Å²) in [4.78, 5) is 6.13. The smallest absolute Gasteiger partial charge is 0.141 e. The minimum absolute atomic E-state index is 0.306. The molecule has 0 aliphatic carbocycles. The van der Waals surface area contributed by atoms with Crippen LogP contribution >= 0.6 is 0 Å². The van der Waals surface area contributed by atoms with Crippen LogP contribution in [0.15, 0.2) is 18.3 Å². The SMILES string of the molecule is CC(C)C(CN(C)C)Nc1ccc(F)cn1. The third kappa shape index (κ3) is 4.14. The summed E-state index contributed by atoms with van der Waals surface area (Å²) in [7, 11) is 4.07. The van der Waals surface area contributed by atoms with E-state index in [1.165, 1.54) is 12.3 Å². The lowest BCUT2D eigenvalue weighted by molar-refractivity contribution is 0.344. The van der Waals surface area contributed by atoms with E-state index in [0.717, 1.165) is 12.4 Å². The van der Waals surface area contributed by atoms with Crippen LogP contribution in [0.2, 0.25) is 0 Å². The molecule has 0 aromatic carbocycles. The zero-order valence-corrected chi connectivity index (χ0v) is 10.4. The molecule has 0 spiro atoms. The fourth-order valence-electron chi connectivity index (χ4n) is 1.47. The molecule has 16 heavy (non-hydrogen) atoms. The summed E-state index contributed by atoms with van der Waals surface area (Å²) >= 11 is 0. The Balaban J connectivity index is 2.64. The lowest BCUT2D eigenvalue weighted by Gasteiger charge is -2.26. The van der Waals surface area contributed by atoms with E-state index in [0.29, 0.717) is 12.0 Å². The van der Waals surface area contributed by atoms with Crippen molar-refractivity contribution in [2.75, 3.05) is 26.0 Å². The van der Waals surface area contributed by atoms with Gasteiger partial charge in [0.15, 0.2) is 0 Å². The van der Waals surface area contributed by atoms with Gasteiger partial charge in [0.25, 0.3) is 0 Å². The second-order valence-electron chi connectivity index (χ2n) is 4.62. The van der Waals surface area contributed by atoms with Crippen molar-refractivity contribution >= 4 is 5.82 Å². The van der Waals surface area contributed by atoms with E-state index >= 15 is 0 Å². The average Bonchev–Trinajstić information content (AvgIpc) is 2.19. The van der Waals surface area contributed by atoms with Gasteiger partial charge in [-0.25, -0.2) is 9.37 Å². The number of nitrogens with zero attached hydrogens (tertiary/aromatic N) is 2. The second kappa shape index (κ2) is 5.80. The Hall–Kier alpha value is -1.16. The van der Waals surface area contributed by atoms with Gasteiger partial charge in [-0.2, -0.15) is 0 Å². The molecule has 1 atom stereocenters. The second-order valence-corrected chi connectivity index (χ2v) is 4.62. The minimum Gasteiger partial charge on any atom is -0.366 e. The van der Waals surface area contributed by atoms with Gasteiger partial charge in [0, 0.05) is 12.6 Å². The molecular formula is C12H20FN3. The summed E-state index contributed by atoms with van der Waals surface area (Å²) in [6.45, 7) is 5.24. The van der Waals surface area contributed by atoms with Crippen LogP contribution in [0.1, 0.15) is 13.8 Å². The van der Waals surface area contributed by atoms with Crippen LogP contribution in [0.5, 0.6) is 0 Å². The predicted octanol–water partition coefficient (Wildman–Crippen LogP) is 2.22. The van der Waals surface area contributed by atoms with Crippen LogP contribution in [-0.2, 0) is 0 Å². The summed E-state index contributed by atoms with van der Waals surface area (Å²) in [6, 6.07) is 3.40. The highest BCUT2D eigenvalue weighted by Crippen LogP contribution is 2.11. The molecule has 0 saturated heterocycles. The van der Waals surface area contributed by atoms with Crippen molar-refractivity contribution in [2.45, 2.75) is 19.9 Å². The van der Waals surface area contributed by atoms with Gasteiger partial charge in [-0.1, -0.05) is 13.8 Å². The number of hydrogen-bond donors (Lipinski definition) is 1. The zero-order chi connectivity index (χ0) is 12.1. The molecule has 4 heteroatoms. The highest BCUT2D eigenvalue weighted by Gasteiger charge is 2.14. The van der Waals surface area contributed by atoms with Crippen molar-refractivity contribution < 1.29 is 4.39 Å². The van der Waals surface area contributed by atoms with Crippen LogP contribution in [0.4, 0.5) is 10.2 Å². The Kier molecular flexibility index (Phi) is 4.68. The monoisotopic (exact) mass is 225 g/mol. The van der Waals surface area contributed by atoms with Crippen LogP contribution in [0, 0.1) is 11.7 Å².